The SMILES string of the molecule is CN=C(NCCc1ccc(Cl)nc1)NCc1ccc(CS(C)(=O)=O)cc1.I. The third kappa shape index (κ3) is 9.39. The topological polar surface area (TPSA) is 83.4 Å². The molecule has 2 rings (SSSR count). The minimum absolute atomic E-state index is 0. The highest BCUT2D eigenvalue weighted by Crippen LogP contribution is 2.08. The van der Waals surface area contributed by atoms with Gasteiger partial charge in [0.2, 0.25) is 0 Å². The van der Waals surface area contributed by atoms with E-state index in [9.17, 15) is 8.42 Å². The molecule has 0 radical (unpaired) electrons. The van der Waals surface area contributed by atoms with Crippen molar-refractivity contribution in [2.45, 2.75) is 18.7 Å². The Morgan fingerprint density at radius 1 is 1.07 bits per heavy atom. The lowest BCUT2D eigenvalue weighted by Crippen LogP contribution is -2.37. The van der Waals surface area contributed by atoms with E-state index in [1.807, 2.05) is 30.3 Å². The lowest BCUT2D eigenvalue weighted by molar-refractivity contribution is 0.601. The van der Waals surface area contributed by atoms with Gasteiger partial charge in [-0.25, -0.2) is 13.4 Å². The van der Waals surface area contributed by atoms with E-state index in [4.69, 9.17) is 11.6 Å². The van der Waals surface area contributed by atoms with Crippen molar-refractivity contribution in [3.05, 3.63) is 64.4 Å². The van der Waals surface area contributed by atoms with Crippen molar-refractivity contribution in [1.82, 2.24) is 15.6 Å². The Hall–Kier alpha value is -1.39. The molecule has 0 spiro atoms. The maximum atomic E-state index is 11.3. The predicted molar refractivity (Wildman–Crippen MR) is 122 cm³/mol. The molecule has 1 aromatic heterocycles. The quantitative estimate of drug-likeness (QED) is 0.253. The highest BCUT2D eigenvalue weighted by Gasteiger charge is 2.04. The van der Waals surface area contributed by atoms with Crippen LogP contribution < -0.4 is 10.6 Å². The van der Waals surface area contributed by atoms with Gasteiger partial charge in [0.15, 0.2) is 15.8 Å². The van der Waals surface area contributed by atoms with Crippen molar-refractivity contribution in [2.24, 2.45) is 4.99 Å². The van der Waals surface area contributed by atoms with Gasteiger partial charge in [-0.15, -0.1) is 24.0 Å². The van der Waals surface area contributed by atoms with Gasteiger partial charge in [0.05, 0.1) is 5.75 Å². The van der Waals surface area contributed by atoms with E-state index >= 15 is 0 Å². The summed E-state index contributed by atoms with van der Waals surface area (Å²) < 4.78 is 22.6. The number of halogens is 2. The fraction of sp³-hybridized carbons (Fsp3) is 0.333. The molecule has 0 unspecified atom stereocenters. The molecule has 2 N–H and O–H groups in total. The number of nitrogens with one attached hydrogen (secondary N) is 2. The summed E-state index contributed by atoms with van der Waals surface area (Å²) in [5, 5.41) is 6.96. The minimum atomic E-state index is -3.01. The molecule has 0 aliphatic rings. The molecule has 6 nitrogen and oxygen atoms in total. The number of sulfone groups is 1. The molecule has 148 valence electrons. The van der Waals surface area contributed by atoms with Crippen LogP contribution in [0.1, 0.15) is 16.7 Å². The summed E-state index contributed by atoms with van der Waals surface area (Å²) >= 11 is 5.77. The van der Waals surface area contributed by atoms with Gasteiger partial charge in [-0.2, -0.15) is 0 Å². The van der Waals surface area contributed by atoms with Crippen molar-refractivity contribution >= 4 is 51.4 Å². The van der Waals surface area contributed by atoms with Crippen LogP contribution in [0.5, 0.6) is 0 Å². The van der Waals surface area contributed by atoms with Gasteiger partial charge in [0, 0.05) is 32.6 Å². The summed E-state index contributed by atoms with van der Waals surface area (Å²) in [6.07, 6.45) is 3.81. The molecule has 1 aromatic carbocycles. The number of aliphatic imine (C=N–C) groups is 1. The summed E-state index contributed by atoms with van der Waals surface area (Å²) in [4.78, 5) is 8.25. The molecule has 0 amide bonds. The molecule has 1 heterocycles. The van der Waals surface area contributed by atoms with Gasteiger partial charge in [-0.05, 0) is 29.2 Å². The number of aromatic nitrogens is 1. The van der Waals surface area contributed by atoms with Crippen LogP contribution in [-0.4, -0.2) is 39.2 Å². The number of hydrogen-bond acceptors (Lipinski definition) is 4. The van der Waals surface area contributed by atoms with Crippen molar-refractivity contribution < 1.29 is 8.42 Å². The molecule has 0 saturated carbocycles. The van der Waals surface area contributed by atoms with Gasteiger partial charge >= 0.3 is 0 Å². The van der Waals surface area contributed by atoms with Crippen LogP contribution in [0.25, 0.3) is 0 Å². The fourth-order valence-corrected chi connectivity index (χ4v) is 3.25. The first-order chi connectivity index (χ1) is 12.4. The van der Waals surface area contributed by atoms with Crippen molar-refractivity contribution in [1.29, 1.82) is 0 Å². The molecule has 0 aliphatic carbocycles. The third-order valence-electron chi connectivity index (χ3n) is 3.63. The van der Waals surface area contributed by atoms with Crippen LogP contribution in [0.4, 0.5) is 0 Å². The number of benzene rings is 1. The van der Waals surface area contributed by atoms with Crippen LogP contribution in [0.15, 0.2) is 47.6 Å². The van der Waals surface area contributed by atoms with E-state index in [1.165, 1.54) is 6.26 Å². The van der Waals surface area contributed by atoms with Gasteiger partial charge < -0.3 is 10.6 Å². The Kier molecular flexibility index (Phi) is 10.0. The summed E-state index contributed by atoms with van der Waals surface area (Å²) in [6.45, 7) is 1.32. The zero-order valence-corrected chi connectivity index (χ0v) is 19.2. The maximum Gasteiger partial charge on any atom is 0.191 e. The van der Waals surface area contributed by atoms with Gasteiger partial charge in [0.1, 0.15) is 5.15 Å². The number of hydrogen-bond donors (Lipinski definition) is 2. The van der Waals surface area contributed by atoms with E-state index in [0.717, 1.165) is 29.7 Å². The Morgan fingerprint density at radius 2 is 1.70 bits per heavy atom. The zero-order chi connectivity index (χ0) is 19.0. The maximum absolute atomic E-state index is 11.3. The standard InChI is InChI=1S/C18H23ClN4O2S.HI/c1-20-18(21-10-9-15-7-8-17(19)22-11-15)23-12-14-3-5-16(6-4-14)13-26(2,24)25;/h3-8,11H,9-10,12-13H2,1-2H3,(H2,20,21,23);1H. The van der Waals surface area contributed by atoms with Crippen molar-refractivity contribution in [3.63, 3.8) is 0 Å². The number of pyridine rings is 1. The molecule has 0 atom stereocenters. The molecule has 0 bridgehead atoms. The van der Waals surface area contributed by atoms with Crippen molar-refractivity contribution in [2.75, 3.05) is 19.8 Å². The minimum Gasteiger partial charge on any atom is -0.356 e. The lowest BCUT2D eigenvalue weighted by Gasteiger charge is -2.12. The molecule has 27 heavy (non-hydrogen) atoms. The van der Waals surface area contributed by atoms with E-state index < -0.39 is 9.84 Å². The van der Waals surface area contributed by atoms with Crippen molar-refractivity contribution in [3.8, 4) is 0 Å². The van der Waals surface area contributed by atoms with Crippen LogP contribution in [0, 0.1) is 0 Å². The summed E-state index contributed by atoms with van der Waals surface area (Å²) in [5.74, 6) is 0.760. The Bertz CT molecular complexity index is 841. The van der Waals surface area contributed by atoms with Crippen LogP contribution >= 0.6 is 35.6 Å². The van der Waals surface area contributed by atoms with Crippen LogP contribution in [0.3, 0.4) is 0 Å². The molecule has 0 saturated heterocycles. The molecule has 2 aromatic rings. The van der Waals surface area contributed by atoms with Gasteiger partial charge in [-0.1, -0.05) is 41.9 Å². The van der Waals surface area contributed by atoms with Gasteiger partial charge in [0.25, 0.3) is 0 Å². The highest BCUT2D eigenvalue weighted by atomic mass is 127. The summed E-state index contributed by atoms with van der Waals surface area (Å²) in [6, 6.07) is 11.2. The molecule has 9 heteroatoms. The average molecular weight is 523 g/mol. The average Bonchev–Trinajstić information content (AvgIpc) is 2.59. The Balaban J connectivity index is 0.00000364. The number of nitrogens with zero attached hydrogens (tertiary/aromatic N) is 2. The fourth-order valence-electron chi connectivity index (χ4n) is 2.34. The number of guanidine groups is 1. The van der Waals surface area contributed by atoms with E-state index in [0.29, 0.717) is 17.7 Å². The monoisotopic (exact) mass is 522 g/mol. The van der Waals surface area contributed by atoms with E-state index in [2.05, 4.69) is 20.6 Å². The largest absolute Gasteiger partial charge is 0.356 e. The smallest absolute Gasteiger partial charge is 0.191 e. The first-order valence-electron chi connectivity index (χ1n) is 8.16. The molecular weight excluding hydrogens is 499 g/mol. The van der Waals surface area contributed by atoms with Crippen LogP contribution in [0.2, 0.25) is 5.15 Å². The highest BCUT2D eigenvalue weighted by molar-refractivity contribution is 14.0. The zero-order valence-electron chi connectivity index (χ0n) is 15.3. The van der Waals surface area contributed by atoms with E-state index in [-0.39, 0.29) is 29.7 Å². The summed E-state index contributed by atoms with van der Waals surface area (Å²) in [5.41, 5.74) is 2.93. The predicted octanol–water partition coefficient (Wildman–Crippen LogP) is 2.81. The molecular formula is C18H24ClIN4O2S. The van der Waals surface area contributed by atoms with Gasteiger partial charge in [-0.3, -0.25) is 4.99 Å². The first-order valence-corrected chi connectivity index (χ1v) is 10.6. The normalized spacial score (nSPS) is 11.6. The first kappa shape index (κ1) is 23.6. The second-order valence-electron chi connectivity index (χ2n) is 5.98. The molecule has 0 aliphatic heterocycles. The second kappa shape index (κ2) is 11.5. The van der Waals surface area contributed by atoms with Crippen LogP contribution in [-0.2, 0) is 28.6 Å². The molecule has 0 fully saturated rings. The Labute approximate surface area is 182 Å². The lowest BCUT2D eigenvalue weighted by atomic mass is 10.1. The second-order valence-corrected chi connectivity index (χ2v) is 8.51. The van der Waals surface area contributed by atoms with E-state index in [1.54, 1.807) is 19.3 Å². The number of rotatable bonds is 7. The summed E-state index contributed by atoms with van der Waals surface area (Å²) in [7, 11) is -1.30. The third-order valence-corrected chi connectivity index (χ3v) is 4.71. The Morgan fingerprint density at radius 3 is 2.26 bits per heavy atom.